The lowest BCUT2D eigenvalue weighted by molar-refractivity contribution is 0.388. The standard InChI is InChI=1S/C15H24N2O2S/c1-4-15(3,5-2)17-20(18,19)14-10-6-9-13-12(14)8-7-11-16-13/h6,9-10,16-17H,4-5,7-8,11H2,1-3H3. The van der Waals surface area contributed by atoms with E-state index in [0.717, 1.165) is 43.5 Å². The highest BCUT2D eigenvalue weighted by atomic mass is 32.2. The van der Waals surface area contributed by atoms with Gasteiger partial charge in [0.1, 0.15) is 0 Å². The van der Waals surface area contributed by atoms with Crippen LogP contribution in [0.3, 0.4) is 0 Å². The van der Waals surface area contributed by atoms with E-state index < -0.39 is 10.0 Å². The number of nitrogens with one attached hydrogen (secondary N) is 2. The Balaban J connectivity index is 2.40. The van der Waals surface area contributed by atoms with Crippen molar-refractivity contribution >= 4 is 15.7 Å². The maximum absolute atomic E-state index is 12.7. The van der Waals surface area contributed by atoms with Crippen molar-refractivity contribution in [3.63, 3.8) is 0 Å². The van der Waals surface area contributed by atoms with Crippen LogP contribution in [-0.4, -0.2) is 20.5 Å². The van der Waals surface area contributed by atoms with E-state index in [0.29, 0.717) is 4.90 Å². The second-order valence-electron chi connectivity index (χ2n) is 5.69. The lowest BCUT2D eigenvalue weighted by Gasteiger charge is -2.29. The summed E-state index contributed by atoms with van der Waals surface area (Å²) in [5.41, 5.74) is 1.48. The Bertz CT molecular complexity index is 578. The highest BCUT2D eigenvalue weighted by Crippen LogP contribution is 2.29. The van der Waals surface area contributed by atoms with Crippen LogP contribution in [0.5, 0.6) is 0 Å². The van der Waals surface area contributed by atoms with Gasteiger partial charge in [-0.15, -0.1) is 0 Å². The van der Waals surface area contributed by atoms with Crippen molar-refractivity contribution in [2.75, 3.05) is 11.9 Å². The quantitative estimate of drug-likeness (QED) is 0.878. The van der Waals surface area contributed by atoms with Crippen LogP contribution in [0.2, 0.25) is 0 Å². The predicted octanol–water partition coefficient (Wildman–Crippen LogP) is 2.90. The molecule has 1 aromatic rings. The summed E-state index contributed by atoms with van der Waals surface area (Å²) in [7, 11) is -3.47. The Kier molecular flexibility index (Phi) is 4.39. The van der Waals surface area contributed by atoms with Gasteiger partial charge in [-0.25, -0.2) is 13.1 Å². The molecule has 2 N–H and O–H groups in total. The van der Waals surface area contributed by atoms with Crippen LogP contribution >= 0.6 is 0 Å². The van der Waals surface area contributed by atoms with E-state index in [2.05, 4.69) is 10.0 Å². The fourth-order valence-electron chi connectivity index (χ4n) is 2.50. The number of hydrogen-bond donors (Lipinski definition) is 2. The maximum atomic E-state index is 12.7. The van der Waals surface area contributed by atoms with Gasteiger partial charge in [-0.1, -0.05) is 19.9 Å². The molecule has 0 saturated heterocycles. The summed E-state index contributed by atoms with van der Waals surface area (Å²) < 4.78 is 28.3. The minimum Gasteiger partial charge on any atom is -0.385 e. The highest BCUT2D eigenvalue weighted by molar-refractivity contribution is 7.89. The zero-order valence-corrected chi connectivity index (χ0v) is 13.3. The molecule has 1 aliphatic rings. The molecule has 0 amide bonds. The van der Waals surface area contributed by atoms with E-state index in [1.165, 1.54) is 0 Å². The largest absolute Gasteiger partial charge is 0.385 e. The zero-order chi connectivity index (χ0) is 14.8. The molecule has 20 heavy (non-hydrogen) atoms. The molecular formula is C15H24N2O2S. The van der Waals surface area contributed by atoms with Gasteiger partial charge in [0.25, 0.3) is 0 Å². The van der Waals surface area contributed by atoms with Crippen LogP contribution in [0.25, 0.3) is 0 Å². The molecule has 5 heteroatoms. The summed E-state index contributed by atoms with van der Waals surface area (Å²) in [5.74, 6) is 0. The van der Waals surface area contributed by atoms with Crippen molar-refractivity contribution in [2.45, 2.75) is 56.9 Å². The summed E-state index contributed by atoms with van der Waals surface area (Å²) in [6, 6.07) is 5.47. The Morgan fingerprint density at radius 1 is 1.30 bits per heavy atom. The van der Waals surface area contributed by atoms with Crippen molar-refractivity contribution in [1.82, 2.24) is 4.72 Å². The molecule has 2 rings (SSSR count). The van der Waals surface area contributed by atoms with Gasteiger partial charge in [-0.2, -0.15) is 0 Å². The fraction of sp³-hybridized carbons (Fsp3) is 0.600. The molecule has 0 bridgehead atoms. The van der Waals surface area contributed by atoms with E-state index in [1.807, 2.05) is 26.8 Å². The van der Waals surface area contributed by atoms with Gasteiger partial charge in [0.2, 0.25) is 10.0 Å². The molecule has 0 radical (unpaired) electrons. The van der Waals surface area contributed by atoms with Gasteiger partial charge in [-0.3, -0.25) is 0 Å². The summed E-state index contributed by atoms with van der Waals surface area (Å²) in [6.45, 7) is 6.88. The predicted molar refractivity (Wildman–Crippen MR) is 82.6 cm³/mol. The van der Waals surface area contributed by atoms with Crippen LogP contribution in [0.4, 0.5) is 5.69 Å². The topological polar surface area (TPSA) is 58.2 Å². The lowest BCUT2D eigenvalue weighted by atomic mass is 9.98. The number of fused-ring (bicyclic) bond motifs is 1. The van der Waals surface area contributed by atoms with E-state index in [-0.39, 0.29) is 5.54 Å². The molecule has 4 nitrogen and oxygen atoms in total. The number of rotatable bonds is 5. The van der Waals surface area contributed by atoms with Gasteiger partial charge in [0.05, 0.1) is 4.90 Å². The molecule has 0 aliphatic carbocycles. The van der Waals surface area contributed by atoms with E-state index in [4.69, 9.17) is 0 Å². The number of benzene rings is 1. The maximum Gasteiger partial charge on any atom is 0.241 e. The van der Waals surface area contributed by atoms with Crippen molar-refractivity contribution in [3.8, 4) is 0 Å². The third kappa shape index (κ3) is 2.99. The Labute approximate surface area is 122 Å². The van der Waals surface area contributed by atoms with Crippen LogP contribution in [0.1, 0.15) is 45.6 Å². The molecule has 0 unspecified atom stereocenters. The van der Waals surface area contributed by atoms with Crippen molar-refractivity contribution < 1.29 is 8.42 Å². The smallest absolute Gasteiger partial charge is 0.241 e. The van der Waals surface area contributed by atoms with E-state index in [9.17, 15) is 8.42 Å². The second-order valence-corrected chi connectivity index (χ2v) is 7.34. The third-order valence-electron chi connectivity index (χ3n) is 4.28. The summed E-state index contributed by atoms with van der Waals surface area (Å²) in [6.07, 6.45) is 3.33. The SMILES string of the molecule is CCC(C)(CC)NS(=O)(=O)c1cccc2c1CCCN2. The van der Waals surface area contributed by atoms with Gasteiger partial charge in [0.15, 0.2) is 0 Å². The molecule has 0 fully saturated rings. The average Bonchev–Trinajstić information content (AvgIpc) is 2.46. The molecule has 1 heterocycles. The molecule has 0 atom stereocenters. The zero-order valence-electron chi connectivity index (χ0n) is 12.5. The average molecular weight is 296 g/mol. The summed E-state index contributed by atoms with van der Waals surface area (Å²) >= 11 is 0. The lowest BCUT2D eigenvalue weighted by Crippen LogP contribution is -2.45. The normalized spacial score (nSPS) is 15.6. The van der Waals surface area contributed by atoms with E-state index in [1.54, 1.807) is 12.1 Å². The van der Waals surface area contributed by atoms with Crippen LogP contribution in [-0.2, 0) is 16.4 Å². The number of hydrogen-bond acceptors (Lipinski definition) is 3. The minimum absolute atomic E-state index is 0.385. The summed E-state index contributed by atoms with van der Waals surface area (Å²) in [5, 5.41) is 3.27. The Morgan fingerprint density at radius 2 is 2.00 bits per heavy atom. The minimum atomic E-state index is -3.47. The molecule has 0 saturated carbocycles. The first-order chi connectivity index (χ1) is 9.42. The first kappa shape index (κ1) is 15.3. The van der Waals surface area contributed by atoms with Crippen LogP contribution in [0, 0.1) is 0 Å². The fourth-order valence-corrected chi connectivity index (χ4v) is 4.34. The number of anilines is 1. The van der Waals surface area contributed by atoms with Crippen LogP contribution < -0.4 is 10.0 Å². The molecule has 1 aliphatic heterocycles. The molecule has 1 aromatic carbocycles. The van der Waals surface area contributed by atoms with Gasteiger partial charge in [0, 0.05) is 17.8 Å². The van der Waals surface area contributed by atoms with Crippen molar-refractivity contribution in [3.05, 3.63) is 23.8 Å². The highest BCUT2D eigenvalue weighted by Gasteiger charge is 2.29. The first-order valence-corrected chi connectivity index (χ1v) is 8.80. The van der Waals surface area contributed by atoms with Crippen molar-refractivity contribution in [2.24, 2.45) is 0 Å². The first-order valence-electron chi connectivity index (χ1n) is 7.31. The van der Waals surface area contributed by atoms with Gasteiger partial charge < -0.3 is 5.32 Å². The van der Waals surface area contributed by atoms with E-state index >= 15 is 0 Å². The molecule has 112 valence electrons. The monoisotopic (exact) mass is 296 g/mol. The molecular weight excluding hydrogens is 272 g/mol. The Hall–Kier alpha value is -1.07. The summed E-state index contributed by atoms with van der Waals surface area (Å²) in [4.78, 5) is 0.426. The Morgan fingerprint density at radius 3 is 2.65 bits per heavy atom. The third-order valence-corrected chi connectivity index (χ3v) is 6.01. The molecule has 0 aromatic heterocycles. The van der Waals surface area contributed by atoms with Crippen molar-refractivity contribution in [1.29, 1.82) is 0 Å². The van der Waals surface area contributed by atoms with Crippen LogP contribution in [0.15, 0.2) is 23.1 Å². The second kappa shape index (κ2) is 5.74. The number of sulfonamides is 1. The van der Waals surface area contributed by atoms with Gasteiger partial charge >= 0.3 is 0 Å². The molecule has 0 spiro atoms. The van der Waals surface area contributed by atoms with Gasteiger partial charge in [-0.05, 0) is 50.3 Å².